The van der Waals surface area contributed by atoms with Crippen molar-refractivity contribution >= 4 is 9.84 Å². The van der Waals surface area contributed by atoms with Crippen LogP contribution in [0.1, 0.15) is 49.6 Å². The highest BCUT2D eigenvalue weighted by Gasteiger charge is 2.65. The summed E-state index contributed by atoms with van der Waals surface area (Å²) in [7, 11) is -3.47. The van der Waals surface area contributed by atoms with Gasteiger partial charge in [0.25, 0.3) is 0 Å². The number of sulfone groups is 1. The summed E-state index contributed by atoms with van der Waals surface area (Å²) in [5, 5.41) is 8.67. The van der Waals surface area contributed by atoms with Gasteiger partial charge < -0.3 is 0 Å². The molecule has 0 aliphatic heterocycles. The molecule has 3 aromatic rings. The molecule has 31 heavy (non-hydrogen) atoms. The van der Waals surface area contributed by atoms with Crippen LogP contribution in [0.15, 0.2) is 47.5 Å². The van der Waals surface area contributed by atoms with Crippen molar-refractivity contribution < 1.29 is 17.2 Å². The number of halogens is 2. The second-order valence-electron chi connectivity index (χ2n) is 8.98. The quantitative estimate of drug-likeness (QED) is 0.602. The fraction of sp³-hybridized carbons (Fsp3) is 0.348. The Labute approximate surface area is 179 Å². The van der Waals surface area contributed by atoms with Crippen LogP contribution in [0.3, 0.4) is 0 Å². The number of aromatic nitrogens is 3. The first-order chi connectivity index (χ1) is 14.6. The number of nitrogens with zero attached hydrogens (tertiary/aromatic N) is 3. The summed E-state index contributed by atoms with van der Waals surface area (Å²) in [6, 6.07) is 10.5. The number of fused-ring (bicyclic) bond motifs is 5. The molecule has 0 amide bonds. The summed E-state index contributed by atoms with van der Waals surface area (Å²) in [4.78, 5) is 4.52. The Balaban J connectivity index is 1.73. The highest BCUT2D eigenvalue weighted by molar-refractivity contribution is 7.90. The minimum absolute atomic E-state index is 0.0186. The Hall–Kier alpha value is -2.74. The summed E-state index contributed by atoms with van der Waals surface area (Å²) in [6.45, 7) is 4.23. The summed E-state index contributed by atoms with van der Waals surface area (Å²) in [6.07, 6.45) is 2.73. The van der Waals surface area contributed by atoms with Gasteiger partial charge in [-0.15, -0.1) is 5.10 Å². The van der Waals surface area contributed by atoms with E-state index in [1.165, 1.54) is 24.3 Å². The Morgan fingerprint density at radius 2 is 1.71 bits per heavy atom. The molecule has 2 heterocycles. The third kappa shape index (κ3) is 2.63. The van der Waals surface area contributed by atoms with E-state index in [9.17, 15) is 17.2 Å². The fourth-order valence-electron chi connectivity index (χ4n) is 5.62. The Kier molecular flexibility index (Phi) is 4.16. The molecular formula is C23H21F2N3O2S. The predicted octanol–water partition coefficient (Wildman–Crippen LogP) is 4.42. The number of pyridine rings is 1. The zero-order valence-corrected chi connectivity index (χ0v) is 18.2. The number of hydrogen-bond acceptors (Lipinski definition) is 5. The molecule has 2 aliphatic carbocycles. The maximum Gasteiger partial charge on any atom is 0.192 e. The van der Waals surface area contributed by atoms with Crippen LogP contribution in [0.5, 0.6) is 0 Å². The van der Waals surface area contributed by atoms with Gasteiger partial charge in [0.1, 0.15) is 11.6 Å². The van der Waals surface area contributed by atoms with Crippen LogP contribution in [0.4, 0.5) is 8.78 Å². The van der Waals surface area contributed by atoms with E-state index in [-0.39, 0.29) is 27.6 Å². The van der Waals surface area contributed by atoms with Crippen LogP contribution in [0.25, 0.3) is 11.3 Å². The standard InChI is InChI=1S/C23H21F2N3O2S/c1-22(2)14-10-11-23(22,18-8-5-9-19(26-18)31(3,29)30)21-13(14)12-17(27-28-21)20-15(24)6-4-7-16(20)25/h4-9,12,14H,10-11H2,1-3H3/t14?,23-/m0/s1. The minimum atomic E-state index is -3.47. The molecule has 0 spiro atoms. The van der Waals surface area contributed by atoms with E-state index in [2.05, 4.69) is 29.0 Å². The largest absolute Gasteiger partial charge is 0.240 e. The molecule has 0 N–H and O–H groups in total. The number of rotatable bonds is 3. The molecule has 1 saturated carbocycles. The van der Waals surface area contributed by atoms with E-state index < -0.39 is 26.9 Å². The van der Waals surface area contributed by atoms with Gasteiger partial charge in [0.15, 0.2) is 14.9 Å². The molecule has 5 nitrogen and oxygen atoms in total. The smallest absolute Gasteiger partial charge is 0.192 e. The first-order valence-corrected chi connectivity index (χ1v) is 12.0. The molecule has 2 bridgehead atoms. The molecule has 0 saturated heterocycles. The van der Waals surface area contributed by atoms with Crippen molar-refractivity contribution in [2.24, 2.45) is 5.41 Å². The molecule has 0 radical (unpaired) electrons. The average Bonchev–Trinajstić information content (AvgIpc) is 3.09. The lowest BCUT2D eigenvalue weighted by Gasteiger charge is -2.37. The molecule has 2 aromatic heterocycles. The van der Waals surface area contributed by atoms with Crippen molar-refractivity contribution in [1.29, 1.82) is 0 Å². The van der Waals surface area contributed by atoms with Crippen LogP contribution in [0.2, 0.25) is 0 Å². The predicted molar refractivity (Wildman–Crippen MR) is 111 cm³/mol. The molecule has 1 fully saturated rings. The van der Waals surface area contributed by atoms with Crippen molar-refractivity contribution in [2.45, 2.75) is 43.0 Å². The van der Waals surface area contributed by atoms with Gasteiger partial charge in [0.2, 0.25) is 0 Å². The van der Waals surface area contributed by atoms with E-state index in [1.54, 1.807) is 12.1 Å². The molecule has 5 rings (SSSR count). The zero-order valence-electron chi connectivity index (χ0n) is 17.4. The summed E-state index contributed by atoms with van der Waals surface area (Å²) >= 11 is 0. The van der Waals surface area contributed by atoms with Crippen molar-refractivity contribution in [1.82, 2.24) is 15.2 Å². The van der Waals surface area contributed by atoms with Crippen LogP contribution < -0.4 is 0 Å². The maximum atomic E-state index is 14.3. The van der Waals surface area contributed by atoms with Crippen LogP contribution >= 0.6 is 0 Å². The highest BCUT2D eigenvalue weighted by Crippen LogP contribution is 2.69. The minimum Gasteiger partial charge on any atom is -0.240 e. The van der Waals surface area contributed by atoms with Crippen molar-refractivity contribution in [3.05, 3.63) is 71.1 Å². The first kappa shape index (κ1) is 20.2. The van der Waals surface area contributed by atoms with E-state index in [0.29, 0.717) is 11.4 Å². The number of hydrogen-bond donors (Lipinski definition) is 0. The van der Waals surface area contributed by atoms with Gasteiger partial charge in [0.05, 0.1) is 28.1 Å². The highest BCUT2D eigenvalue weighted by atomic mass is 32.2. The normalized spacial score (nSPS) is 23.7. The second-order valence-corrected chi connectivity index (χ2v) is 10.9. The molecule has 1 aromatic carbocycles. The first-order valence-electron chi connectivity index (χ1n) is 10.1. The Morgan fingerprint density at radius 1 is 1.03 bits per heavy atom. The van der Waals surface area contributed by atoms with Gasteiger partial charge in [-0.25, -0.2) is 22.2 Å². The third-order valence-corrected chi connectivity index (χ3v) is 8.13. The van der Waals surface area contributed by atoms with E-state index in [0.717, 1.165) is 24.7 Å². The van der Waals surface area contributed by atoms with Crippen LogP contribution in [-0.2, 0) is 15.3 Å². The molecular weight excluding hydrogens is 420 g/mol. The topological polar surface area (TPSA) is 72.8 Å². The zero-order chi connectivity index (χ0) is 22.2. The monoisotopic (exact) mass is 441 g/mol. The van der Waals surface area contributed by atoms with Crippen molar-refractivity contribution in [2.75, 3.05) is 6.26 Å². The van der Waals surface area contributed by atoms with Crippen molar-refractivity contribution in [3.8, 4) is 11.3 Å². The van der Waals surface area contributed by atoms with E-state index >= 15 is 0 Å². The van der Waals surface area contributed by atoms with Gasteiger partial charge in [0, 0.05) is 6.26 Å². The molecule has 2 atom stereocenters. The van der Waals surface area contributed by atoms with Gasteiger partial charge in [-0.2, -0.15) is 5.10 Å². The molecule has 8 heteroatoms. The Morgan fingerprint density at radius 3 is 2.39 bits per heavy atom. The maximum absolute atomic E-state index is 14.3. The van der Waals surface area contributed by atoms with Crippen LogP contribution in [0, 0.1) is 17.0 Å². The number of benzene rings is 1. The second kappa shape index (κ2) is 6.38. The fourth-order valence-corrected chi connectivity index (χ4v) is 6.21. The molecule has 2 aliphatic rings. The lowest BCUT2D eigenvalue weighted by molar-refractivity contribution is 0.242. The van der Waals surface area contributed by atoms with Crippen molar-refractivity contribution in [3.63, 3.8) is 0 Å². The van der Waals surface area contributed by atoms with Crippen LogP contribution in [-0.4, -0.2) is 29.9 Å². The van der Waals surface area contributed by atoms with Gasteiger partial charge >= 0.3 is 0 Å². The van der Waals surface area contributed by atoms with Gasteiger partial charge in [-0.1, -0.05) is 26.0 Å². The third-order valence-electron chi connectivity index (χ3n) is 7.14. The van der Waals surface area contributed by atoms with Gasteiger partial charge in [-0.3, -0.25) is 0 Å². The van der Waals surface area contributed by atoms with Gasteiger partial charge in [-0.05, 0) is 60.1 Å². The summed E-state index contributed by atoms with van der Waals surface area (Å²) in [5.41, 5.74) is 1.28. The van der Waals surface area contributed by atoms with E-state index in [1.807, 2.05) is 6.07 Å². The lowest BCUT2D eigenvalue weighted by Crippen LogP contribution is -2.38. The SMILES string of the molecule is CC1(C)C2CC[C@]1(c1cccc(S(C)(=O)=O)n1)c1nnc(-c3c(F)cccc3F)cc12. The molecule has 1 unspecified atom stereocenters. The Bertz CT molecular complexity index is 1320. The van der Waals surface area contributed by atoms with E-state index in [4.69, 9.17) is 0 Å². The lowest BCUT2D eigenvalue weighted by atomic mass is 9.66. The summed E-state index contributed by atoms with van der Waals surface area (Å²) in [5.74, 6) is -1.28. The average molecular weight is 442 g/mol. The summed E-state index contributed by atoms with van der Waals surface area (Å²) < 4.78 is 52.9. The molecule has 160 valence electrons.